The lowest BCUT2D eigenvalue weighted by atomic mass is 9.83. The van der Waals surface area contributed by atoms with Crippen LogP contribution in [-0.4, -0.2) is 43.1 Å². The van der Waals surface area contributed by atoms with Gasteiger partial charge in [0.25, 0.3) is 5.91 Å². The largest absolute Gasteiger partial charge is 0.485 e. The van der Waals surface area contributed by atoms with Gasteiger partial charge in [0.05, 0.1) is 25.3 Å². The van der Waals surface area contributed by atoms with Crippen molar-refractivity contribution in [1.29, 1.82) is 0 Å². The van der Waals surface area contributed by atoms with Crippen LogP contribution >= 0.6 is 0 Å². The molecule has 0 heterocycles. The summed E-state index contributed by atoms with van der Waals surface area (Å²) in [6.07, 6.45) is 4.06. The van der Waals surface area contributed by atoms with Gasteiger partial charge in [-0.2, -0.15) is 0 Å². The molecule has 0 bridgehead atoms. The number of primary amides is 1. The minimum Gasteiger partial charge on any atom is -0.485 e. The highest BCUT2D eigenvalue weighted by Crippen LogP contribution is 2.30. The first-order valence-corrected chi connectivity index (χ1v) is 15.8. The Kier molecular flexibility index (Phi) is 13.1. The number of amides is 3. The summed E-state index contributed by atoms with van der Waals surface area (Å²) < 4.78 is 11.4. The first kappa shape index (κ1) is 36.0. The van der Waals surface area contributed by atoms with Gasteiger partial charge >= 0.3 is 0 Å². The molecular formula is C38H49N3O5. The minimum atomic E-state index is -1.62. The number of carbonyl (C=O) groups excluding carboxylic acids is 3. The molecule has 8 heteroatoms. The van der Waals surface area contributed by atoms with Gasteiger partial charge in [0, 0.05) is 7.11 Å². The molecule has 8 nitrogen and oxygen atoms in total. The molecule has 0 radical (unpaired) electrons. The maximum atomic E-state index is 14.2. The third kappa shape index (κ3) is 10.0. The van der Waals surface area contributed by atoms with E-state index in [9.17, 15) is 14.4 Å². The lowest BCUT2D eigenvalue weighted by molar-refractivity contribution is -0.149. The van der Waals surface area contributed by atoms with Gasteiger partial charge in [0.15, 0.2) is 5.60 Å². The molecule has 3 amide bonds. The molecule has 4 N–H and O–H groups in total. The van der Waals surface area contributed by atoms with Gasteiger partial charge in [0.1, 0.15) is 6.04 Å². The highest BCUT2D eigenvalue weighted by Gasteiger charge is 2.45. The van der Waals surface area contributed by atoms with E-state index in [2.05, 4.69) is 47.9 Å². The van der Waals surface area contributed by atoms with Crippen molar-refractivity contribution in [2.75, 3.05) is 13.7 Å². The summed E-state index contributed by atoms with van der Waals surface area (Å²) >= 11 is 0. The van der Waals surface area contributed by atoms with Gasteiger partial charge in [-0.3, -0.25) is 14.4 Å². The van der Waals surface area contributed by atoms with E-state index in [-0.39, 0.29) is 25.4 Å². The predicted molar refractivity (Wildman–Crippen MR) is 183 cm³/mol. The van der Waals surface area contributed by atoms with Crippen LogP contribution in [0.15, 0.2) is 91.2 Å². The van der Waals surface area contributed by atoms with Crippen LogP contribution in [0.25, 0.3) is 11.1 Å². The van der Waals surface area contributed by atoms with Crippen molar-refractivity contribution in [3.63, 3.8) is 0 Å². The fourth-order valence-electron chi connectivity index (χ4n) is 5.58. The predicted octanol–water partition coefficient (Wildman–Crippen LogP) is 6.18. The number of benzene rings is 3. The second kappa shape index (κ2) is 16.8. The Bertz CT molecular complexity index is 1480. The number of carbonyl (C=O) groups is 3. The minimum absolute atomic E-state index is 0.197. The number of hydrogen-bond donors (Lipinski definition) is 3. The van der Waals surface area contributed by atoms with Crippen molar-refractivity contribution in [3.05, 3.63) is 108 Å². The molecule has 46 heavy (non-hydrogen) atoms. The second-order valence-electron chi connectivity index (χ2n) is 12.8. The number of nitrogens with one attached hydrogen (secondary N) is 2. The standard InChI is InChI=1S/C38H49N3O5/c1-7-23-46-38(25-33(39)42,22-14-20-28-16-11-12-21-31(28)30-19-13-15-27(2)24-30)36(44)41-34(37(3,4)5)35(43)40-32(26-45-6)29-17-9-8-10-18-29/h7-13,15-19,21,23-24,32,34H,14,20,22,25-26H2,1-6H3,(H2,39,42)(H,40,43)(H,41,44)/t32-,34-,38-/m1/s1. The van der Waals surface area contributed by atoms with Gasteiger partial charge in [-0.25, -0.2) is 0 Å². The van der Waals surface area contributed by atoms with E-state index in [1.165, 1.54) is 11.8 Å². The monoisotopic (exact) mass is 627 g/mol. The third-order valence-electron chi connectivity index (χ3n) is 7.93. The Labute approximate surface area is 273 Å². The Hall–Kier alpha value is -4.43. The molecule has 0 fully saturated rings. The maximum Gasteiger partial charge on any atom is 0.265 e. The van der Waals surface area contributed by atoms with Crippen LogP contribution in [0.1, 0.15) is 69.7 Å². The number of hydrogen-bond acceptors (Lipinski definition) is 5. The lowest BCUT2D eigenvalue weighted by Gasteiger charge is -2.37. The Morgan fingerprint density at radius 2 is 1.63 bits per heavy atom. The van der Waals surface area contributed by atoms with Crippen LogP contribution in [0.3, 0.4) is 0 Å². The summed E-state index contributed by atoms with van der Waals surface area (Å²) in [5.74, 6) is -1.63. The first-order chi connectivity index (χ1) is 21.9. The highest BCUT2D eigenvalue weighted by molar-refractivity contribution is 5.95. The Morgan fingerprint density at radius 3 is 2.26 bits per heavy atom. The summed E-state index contributed by atoms with van der Waals surface area (Å²) in [6, 6.07) is 24.6. The Balaban J connectivity index is 1.89. The number of methoxy groups -OCH3 is 1. The van der Waals surface area contributed by atoms with E-state index in [0.29, 0.717) is 12.8 Å². The number of rotatable bonds is 16. The molecule has 3 aromatic rings. The van der Waals surface area contributed by atoms with Crippen LogP contribution in [0.5, 0.6) is 0 Å². The fraction of sp³-hybridized carbons (Fsp3) is 0.395. The van der Waals surface area contributed by atoms with E-state index < -0.39 is 34.9 Å². The van der Waals surface area contributed by atoms with Gasteiger partial charge in [-0.05, 0) is 60.8 Å². The highest BCUT2D eigenvalue weighted by atomic mass is 16.5. The zero-order valence-corrected chi connectivity index (χ0v) is 28.0. The van der Waals surface area contributed by atoms with E-state index in [0.717, 1.165) is 22.3 Å². The normalized spacial score (nSPS) is 14.2. The van der Waals surface area contributed by atoms with E-state index in [1.807, 2.05) is 69.3 Å². The molecule has 0 aliphatic carbocycles. The van der Waals surface area contributed by atoms with E-state index in [4.69, 9.17) is 15.2 Å². The zero-order valence-electron chi connectivity index (χ0n) is 28.0. The molecule has 0 spiro atoms. The molecular weight excluding hydrogens is 578 g/mol. The van der Waals surface area contributed by atoms with Crippen LogP contribution in [0, 0.1) is 12.3 Å². The molecule has 0 aromatic heterocycles. The second-order valence-corrected chi connectivity index (χ2v) is 12.8. The Morgan fingerprint density at radius 1 is 0.935 bits per heavy atom. The van der Waals surface area contributed by atoms with Gasteiger partial charge < -0.3 is 25.8 Å². The number of nitrogens with two attached hydrogens (primary N) is 1. The van der Waals surface area contributed by atoms with Crippen LogP contribution in [0.4, 0.5) is 0 Å². The molecule has 246 valence electrons. The van der Waals surface area contributed by atoms with Gasteiger partial charge in [-0.1, -0.05) is 111 Å². The molecule has 0 saturated carbocycles. The van der Waals surface area contributed by atoms with E-state index >= 15 is 0 Å². The smallest absolute Gasteiger partial charge is 0.265 e. The van der Waals surface area contributed by atoms with Crippen LogP contribution in [-0.2, 0) is 30.3 Å². The molecule has 0 aliphatic rings. The molecule has 3 rings (SSSR count). The molecule has 0 saturated heterocycles. The van der Waals surface area contributed by atoms with Crippen molar-refractivity contribution in [2.24, 2.45) is 11.1 Å². The SMILES string of the molecule is CC=CO[C@](CCCc1ccccc1-c1cccc(C)c1)(CC(N)=O)C(=O)N[C@H](C(=O)N[C@H](COC)c1ccccc1)C(C)(C)C. The molecule has 3 atom stereocenters. The average molecular weight is 628 g/mol. The van der Waals surface area contributed by atoms with E-state index in [1.54, 1.807) is 20.1 Å². The third-order valence-corrected chi connectivity index (χ3v) is 7.93. The summed E-state index contributed by atoms with van der Waals surface area (Å²) in [6.45, 7) is 9.69. The average Bonchev–Trinajstić information content (AvgIpc) is 3.01. The lowest BCUT2D eigenvalue weighted by Crippen LogP contribution is -2.60. The topological polar surface area (TPSA) is 120 Å². The molecule has 0 aliphatic heterocycles. The van der Waals surface area contributed by atoms with Crippen LogP contribution in [0.2, 0.25) is 0 Å². The quantitative estimate of drug-likeness (QED) is 0.164. The first-order valence-electron chi connectivity index (χ1n) is 15.8. The number of aryl methyl sites for hydroxylation is 2. The van der Waals surface area contributed by atoms with Gasteiger partial charge in [0.2, 0.25) is 11.8 Å². The van der Waals surface area contributed by atoms with Crippen molar-refractivity contribution < 1.29 is 23.9 Å². The van der Waals surface area contributed by atoms with Crippen molar-refractivity contribution in [1.82, 2.24) is 10.6 Å². The molecule has 0 unspecified atom stereocenters. The van der Waals surface area contributed by atoms with Crippen molar-refractivity contribution in [3.8, 4) is 11.1 Å². The van der Waals surface area contributed by atoms with Gasteiger partial charge in [-0.15, -0.1) is 0 Å². The summed E-state index contributed by atoms with van der Waals surface area (Å²) in [4.78, 5) is 40.5. The summed E-state index contributed by atoms with van der Waals surface area (Å²) in [5, 5.41) is 5.99. The fourth-order valence-corrected chi connectivity index (χ4v) is 5.58. The maximum absolute atomic E-state index is 14.2. The zero-order chi connectivity index (χ0) is 33.7. The van der Waals surface area contributed by atoms with Crippen molar-refractivity contribution in [2.45, 2.75) is 78.0 Å². The molecule has 3 aromatic carbocycles. The number of ether oxygens (including phenoxy) is 2. The summed E-state index contributed by atoms with van der Waals surface area (Å²) in [7, 11) is 1.57. The summed E-state index contributed by atoms with van der Waals surface area (Å²) in [5.41, 5.74) is 8.79. The van der Waals surface area contributed by atoms with Crippen molar-refractivity contribution >= 4 is 17.7 Å². The van der Waals surface area contributed by atoms with Crippen LogP contribution < -0.4 is 16.4 Å². The number of allylic oxidation sites excluding steroid dienone is 1.